The van der Waals surface area contributed by atoms with E-state index in [4.69, 9.17) is 9.47 Å². The predicted octanol–water partition coefficient (Wildman–Crippen LogP) is 3.62. The van der Waals surface area contributed by atoms with E-state index in [0.29, 0.717) is 17.2 Å². The van der Waals surface area contributed by atoms with Crippen LogP contribution in [0.15, 0.2) is 52.3 Å². The Bertz CT molecular complexity index is 775. The van der Waals surface area contributed by atoms with Crippen LogP contribution in [0.1, 0.15) is 6.92 Å². The fourth-order valence-corrected chi connectivity index (χ4v) is 3.94. The number of hydrogen-bond donors (Lipinski definition) is 1. The van der Waals surface area contributed by atoms with Crippen LogP contribution in [0.4, 0.5) is 5.69 Å². The van der Waals surface area contributed by atoms with E-state index in [9.17, 15) is 8.42 Å². The first-order valence-corrected chi connectivity index (χ1v) is 9.45. The van der Waals surface area contributed by atoms with Crippen molar-refractivity contribution in [2.45, 2.75) is 16.7 Å². The van der Waals surface area contributed by atoms with Gasteiger partial charge in [0.2, 0.25) is 0 Å². The summed E-state index contributed by atoms with van der Waals surface area (Å²) in [7, 11) is -0.741. The summed E-state index contributed by atoms with van der Waals surface area (Å²) >= 11 is 1.58. The van der Waals surface area contributed by atoms with E-state index in [1.165, 1.54) is 26.4 Å². The third-order valence-electron chi connectivity index (χ3n) is 3.10. The molecule has 5 nitrogen and oxygen atoms in total. The molecule has 1 N–H and O–H groups in total. The van der Waals surface area contributed by atoms with Gasteiger partial charge in [-0.15, -0.1) is 11.8 Å². The second-order valence-electron chi connectivity index (χ2n) is 4.55. The number of nitrogens with one attached hydrogen (secondary N) is 1. The average Bonchev–Trinajstić information content (AvgIpc) is 2.56. The smallest absolute Gasteiger partial charge is 0.262 e. The number of methoxy groups -OCH3 is 2. The first kappa shape index (κ1) is 17.5. The Morgan fingerprint density at radius 3 is 2.39 bits per heavy atom. The lowest BCUT2D eigenvalue weighted by Gasteiger charge is -2.13. The van der Waals surface area contributed by atoms with Crippen LogP contribution in [0.5, 0.6) is 11.5 Å². The molecule has 0 fully saturated rings. The van der Waals surface area contributed by atoms with Gasteiger partial charge in [0.1, 0.15) is 0 Å². The Morgan fingerprint density at radius 2 is 1.74 bits per heavy atom. The molecule has 124 valence electrons. The summed E-state index contributed by atoms with van der Waals surface area (Å²) in [6.07, 6.45) is 0. The van der Waals surface area contributed by atoms with Crippen molar-refractivity contribution in [2.75, 3.05) is 24.7 Å². The fourth-order valence-electron chi connectivity index (χ4n) is 2.02. The van der Waals surface area contributed by atoms with E-state index >= 15 is 0 Å². The van der Waals surface area contributed by atoms with Crippen LogP contribution in [0.3, 0.4) is 0 Å². The number of sulfonamides is 1. The van der Waals surface area contributed by atoms with Gasteiger partial charge in [-0.25, -0.2) is 8.42 Å². The Labute approximate surface area is 141 Å². The molecule has 0 radical (unpaired) electrons. The largest absolute Gasteiger partial charge is 0.493 e. The van der Waals surface area contributed by atoms with E-state index in [0.717, 1.165) is 10.6 Å². The Morgan fingerprint density at radius 1 is 1.04 bits per heavy atom. The van der Waals surface area contributed by atoms with Crippen LogP contribution < -0.4 is 14.2 Å². The highest BCUT2D eigenvalue weighted by Crippen LogP contribution is 2.32. The first-order chi connectivity index (χ1) is 11.0. The van der Waals surface area contributed by atoms with E-state index < -0.39 is 10.0 Å². The second kappa shape index (κ2) is 7.61. The molecule has 0 saturated heterocycles. The minimum Gasteiger partial charge on any atom is -0.493 e. The SMILES string of the molecule is CCSc1ccccc1NS(=O)(=O)c1ccc(OC)c(OC)c1. The normalized spacial score (nSPS) is 11.1. The Balaban J connectivity index is 2.36. The van der Waals surface area contributed by atoms with Crippen LogP contribution in [0, 0.1) is 0 Å². The molecule has 0 amide bonds. The summed E-state index contributed by atoms with van der Waals surface area (Å²) in [5.74, 6) is 1.70. The van der Waals surface area contributed by atoms with Crippen molar-refractivity contribution in [3.05, 3.63) is 42.5 Å². The van der Waals surface area contributed by atoms with E-state index in [-0.39, 0.29) is 4.90 Å². The van der Waals surface area contributed by atoms with E-state index in [1.807, 2.05) is 19.1 Å². The zero-order valence-electron chi connectivity index (χ0n) is 13.2. The van der Waals surface area contributed by atoms with Crippen LogP contribution in [-0.2, 0) is 10.0 Å². The Hall–Kier alpha value is -1.86. The standard InChI is InChI=1S/C16H19NO4S2/c1-4-22-16-8-6-5-7-13(16)17-23(18,19)12-9-10-14(20-2)15(11-12)21-3/h5-11,17H,4H2,1-3H3. The van der Waals surface area contributed by atoms with Crippen LogP contribution >= 0.6 is 11.8 Å². The quantitative estimate of drug-likeness (QED) is 0.770. The highest BCUT2D eigenvalue weighted by molar-refractivity contribution is 7.99. The van der Waals surface area contributed by atoms with Crippen LogP contribution in [0.2, 0.25) is 0 Å². The van der Waals surface area contributed by atoms with Crippen molar-refractivity contribution in [1.82, 2.24) is 0 Å². The molecule has 0 aromatic heterocycles. The predicted molar refractivity (Wildman–Crippen MR) is 93.2 cm³/mol. The Kier molecular flexibility index (Phi) is 5.79. The number of para-hydroxylation sites is 1. The van der Waals surface area contributed by atoms with Gasteiger partial charge in [-0.3, -0.25) is 4.72 Å². The van der Waals surface area contributed by atoms with Gasteiger partial charge in [-0.1, -0.05) is 19.1 Å². The molecular formula is C16H19NO4S2. The lowest BCUT2D eigenvalue weighted by atomic mass is 10.3. The third-order valence-corrected chi connectivity index (χ3v) is 5.42. The van der Waals surface area contributed by atoms with E-state index in [2.05, 4.69) is 4.72 Å². The fraction of sp³-hybridized carbons (Fsp3) is 0.250. The van der Waals surface area contributed by atoms with Crippen LogP contribution in [0.25, 0.3) is 0 Å². The molecule has 2 aromatic rings. The van der Waals surface area contributed by atoms with Gasteiger partial charge in [-0.05, 0) is 30.0 Å². The van der Waals surface area contributed by atoms with Gasteiger partial charge >= 0.3 is 0 Å². The summed E-state index contributed by atoms with van der Waals surface area (Å²) < 4.78 is 38.1. The minimum atomic E-state index is -3.71. The van der Waals surface area contributed by atoms with E-state index in [1.54, 1.807) is 30.0 Å². The maximum atomic E-state index is 12.6. The molecule has 0 aliphatic carbocycles. The molecule has 0 aliphatic heterocycles. The van der Waals surface area contributed by atoms with Crippen molar-refractivity contribution in [3.63, 3.8) is 0 Å². The number of thioether (sulfide) groups is 1. The van der Waals surface area contributed by atoms with Crippen molar-refractivity contribution in [1.29, 1.82) is 0 Å². The highest BCUT2D eigenvalue weighted by atomic mass is 32.2. The van der Waals surface area contributed by atoms with Crippen molar-refractivity contribution < 1.29 is 17.9 Å². The van der Waals surface area contributed by atoms with Gasteiger partial charge in [0.15, 0.2) is 11.5 Å². The van der Waals surface area contributed by atoms with Gasteiger partial charge in [0, 0.05) is 11.0 Å². The van der Waals surface area contributed by atoms with Gasteiger partial charge in [0.25, 0.3) is 10.0 Å². The molecule has 0 unspecified atom stereocenters. The monoisotopic (exact) mass is 353 g/mol. The van der Waals surface area contributed by atoms with Crippen molar-refractivity contribution in [2.24, 2.45) is 0 Å². The van der Waals surface area contributed by atoms with Gasteiger partial charge in [-0.2, -0.15) is 0 Å². The maximum Gasteiger partial charge on any atom is 0.262 e. The highest BCUT2D eigenvalue weighted by Gasteiger charge is 2.18. The number of anilines is 1. The van der Waals surface area contributed by atoms with Gasteiger partial charge in [0.05, 0.1) is 24.8 Å². The number of hydrogen-bond acceptors (Lipinski definition) is 5. The molecule has 0 atom stereocenters. The van der Waals surface area contributed by atoms with Crippen LogP contribution in [-0.4, -0.2) is 28.4 Å². The summed E-state index contributed by atoms with van der Waals surface area (Å²) in [5.41, 5.74) is 0.564. The molecule has 0 spiro atoms. The molecule has 0 bridgehead atoms. The molecule has 7 heteroatoms. The summed E-state index contributed by atoms with van der Waals surface area (Å²) in [6.45, 7) is 2.02. The van der Waals surface area contributed by atoms with Crippen molar-refractivity contribution in [3.8, 4) is 11.5 Å². The first-order valence-electron chi connectivity index (χ1n) is 6.98. The molecule has 2 rings (SSSR count). The van der Waals surface area contributed by atoms with Gasteiger partial charge < -0.3 is 9.47 Å². The number of benzene rings is 2. The maximum absolute atomic E-state index is 12.6. The zero-order valence-corrected chi connectivity index (χ0v) is 14.8. The molecule has 0 heterocycles. The summed E-state index contributed by atoms with van der Waals surface area (Å²) in [6, 6.07) is 11.8. The lowest BCUT2D eigenvalue weighted by Crippen LogP contribution is -2.13. The molecule has 0 saturated carbocycles. The molecular weight excluding hydrogens is 334 g/mol. The number of rotatable bonds is 7. The molecule has 2 aromatic carbocycles. The lowest BCUT2D eigenvalue weighted by molar-refractivity contribution is 0.354. The average molecular weight is 353 g/mol. The topological polar surface area (TPSA) is 64.6 Å². The zero-order chi connectivity index (χ0) is 16.9. The summed E-state index contributed by atoms with van der Waals surface area (Å²) in [4.78, 5) is 1.01. The molecule has 0 aliphatic rings. The van der Waals surface area contributed by atoms with Crippen molar-refractivity contribution >= 4 is 27.5 Å². The summed E-state index contributed by atoms with van der Waals surface area (Å²) in [5, 5.41) is 0. The third kappa shape index (κ3) is 4.11. The minimum absolute atomic E-state index is 0.117. The second-order valence-corrected chi connectivity index (χ2v) is 7.54. The number of ether oxygens (including phenoxy) is 2. The molecule has 23 heavy (non-hydrogen) atoms.